The molecule has 3 rings (SSSR count). The average Bonchev–Trinajstić information content (AvgIpc) is 2.64. The minimum absolute atomic E-state index is 0.129. The van der Waals surface area contributed by atoms with E-state index in [1.165, 1.54) is 17.0 Å². The van der Waals surface area contributed by atoms with Crippen molar-refractivity contribution >= 4 is 28.1 Å². The van der Waals surface area contributed by atoms with E-state index >= 15 is 0 Å². The fourth-order valence-corrected chi connectivity index (χ4v) is 2.70. The van der Waals surface area contributed by atoms with Crippen LogP contribution < -0.4 is 10.6 Å². The zero-order valence-corrected chi connectivity index (χ0v) is 14.1. The van der Waals surface area contributed by atoms with Crippen molar-refractivity contribution in [3.63, 3.8) is 0 Å². The van der Waals surface area contributed by atoms with Crippen LogP contribution in [-0.2, 0) is 6.42 Å². The number of nitrogens with two attached hydrogens (primary N) is 1. The topological polar surface area (TPSA) is 41.6 Å². The number of anilines is 1. The van der Waals surface area contributed by atoms with Crippen molar-refractivity contribution in [1.29, 1.82) is 0 Å². The van der Waals surface area contributed by atoms with E-state index < -0.39 is 0 Å². The molecule has 0 aliphatic carbocycles. The van der Waals surface area contributed by atoms with E-state index in [1.807, 2.05) is 13.0 Å². The quantitative estimate of drug-likeness (QED) is 0.552. The van der Waals surface area contributed by atoms with Gasteiger partial charge in [-0.2, -0.15) is 0 Å². The van der Waals surface area contributed by atoms with E-state index in [0.717, 1.165) is 12.0 Å². The Kier molecular flexibility index (Phi) is 4.65. The third-order valence-corrected chi connectivity index (χ3v) is 4.21. The van der Waals surface area contributed by atoms with Crippen LogP contribution in [0.15, 0.2) is 59.6 Å². The summed E-state index contributed by atoms with van der Waals surface area (Å²) in [6, 6.07) is 14.9. The molecule has 0 heterocycles. The number of fused-ring (bicyclic) bond motifs is 1. The first kappa shape index (κ1) is 16.9. The van der Waals surface area contributed by atoms with Crippen LogP contribution in [0.1, 0.15) is 12.5 Å². The Balaban J connectivity index is 2.04. The number of hydrogen-bond acceptors (Lipinski definition) is 1. The number of guanidine groups is 1. The van der Waals surface area contributed by atoms with Gasteiger partial charge in [-0.3, -0.25) is 0 Å². The number of nitrogens with zero attached hydrogens (tertiary/aromatic N) is 2. The summed E-state index contributed by atoms with van der Waals surface area (Å²) in [6.07, 6.45) is 0.792. The van der Waals surface area contributed by atoms with Gasteiger partial charge in [-0.25, -0.2) is 13.8 Å². The van der Waals surface area contributed by atoms with Crippen molar-refractivity contribution in [2.45, 2.75) is 13.3 Å². The molecule has 0 fully saturated rings. The Hall–Kier alpha value is -2.95. The second-order valence-corrected chi connectivity index (χ2v) is 5.78. The van der Waals surface area contributed by atoms with Crippen LogP contribution in [0.4, 0.5) is 20.2 Å². The van der Waals surface area contributed by atoms with E-state index in [2.05, 4.69) is 4.99 Å². The number of halogens is 2. The van der Waals surface area contributed by atoms with Gasteiger partial charge in [0.1, 0.15) is 11.6 Å². The maximum absolute atomic E-state index is 14.2. The Morgan fingerprint density at radius 3 is 2.40 bits per heavy atom. The molecule has 3 nitrogen and oxygen atoms in total. The highest BCUT2D eigenvalue weighted by Crippen LogP contribution is 2.28. The van der Waals surface area contributed by atoms with Crippen molar-refractivity contribution in [2.24, 2.45) is 10.7 Å². The summed E-state index contributed by atoms with van der Waals surface area (Å²) in [6.45, 7) is 2.00. The largest absolute Gasteiger partial charge is 0.369 e. The number of benzene rings is 3. The highest BCUT2D eigenvalue weighted by Gasteiger charge is 2.13. The van der Waals surface area contributed by atoms with Gasteiger partial charge in [0.15, 0.2) is 0 Å². The maximum Gasteiger partial charge on any atom is 0.200 e. The lowest BCUT2D eigenvalue weighted by Gasteiger charge is -2.20. The first-order valence-electron chi connectivity index (χ1n) is 8.05. The minimum atomic E-state index is -0.373. The van der Waals surface area contributed by atoms with Gasteiger partial charge in [0.25, 0.3) is 0 Å². The van der Waals surface area contributed by atoms with Crippen LogP contribution in [-0.4, -0.2) is 13.0 Å². The molecule has 0 amide bonds. The number of rotatable bonds is 3. The molecule has 0 spiro atoms. The lowest BCUT2D eigenvalue weighted by Crippen LogP contribution is -2.34. The molecule has 0 aromatic heterocycles. The van der Waals surface area contributed by atoms with Gasteiger partial charge in [-0.15, -0.1) is 0 Å². The van der Waals surface area contributed by atoms with Crippen molar-refractivity contribution in [3.05, 3.63) is 71.8 Å². The Labute approximate surface area is 145 Å². The van der Waals surface area contributed by atoms with Gasteiger partial charge in [-0.1, -0.05) is 37.3 Å². The lowest BCUT2D eigenvalue weighted by atomic mass is 10.1. The van der Waals surface area contributed by atoms with Crippen molar-refractivity contribution in [3.8, 4) is 0 Å². The molecule has 0 unspecified atom stereocenters. The van der Waals surface area contributed by atoms with Gasteiger partial charge < -0.3 is 10.6 Å². The monoisotopic (exact) mass is 339 g/mol. The molecule has 0 saturated carbocycles. The molecule has 0 aliphatic rings. The standard InChI is InChI=1S/C20H19F2N3/c1-3-13-8-9-17(22)19(12-13)25(2)20(23)24-18-11-10-16(21)14-6-4-5-7-15(14)18/h4-12H,3H2,1-2H3,(H2,23,24). The van der Waals surface area contributed by atoms with Crippen LogP contribution in [0.3, 0.4) is 0 Å². The smallest absolute Gasteiger partial charge is 0.200 e. The fourth-order valence-electron chi connectivity index (χ4n) is 2.70. The normalized spacial score (nSPS) is 11.8. The predicted octanol–water partition coefficient (Wildman–Crippen LogP) is 4.76. The average molecular weight is 339 g/mol. The van der Waals surface area contributed by atoms with E-state index in [9.17, 15) is 8.78 Å². The van der Waals surface area contributed by atoms with Crippen molar-refractivity contribution in [1.82, 2.24) is 0 Å². The SMILES string of the molecule is CCc1ccc(F)c(N(C)C(N)=Nc2ccc(F)c3ccccc23)c1. The van der Waals surface area contributed by atoms with Crippen molar-refractivity contribution in [2.75, 3.05) is 11.9 Å². The van der Waals surface area contributed by atoms with E-state index in [0.29, 0.717) is 22.1 Å². The Morgan fingerprint density at radius 2 is 1.68 bits per heavy atom. The molecule has 5 heteroatoms. The lowest BCUT2D eigenvalue weighted by molar-refractivity contribution is 0.627. The predicted molar refractivity (Wildman–Crippen MR) is 99.4 cm³/mol. The molecule has 128 valence electrons. The molecule has 3 aromatic carbocycles. The third kappa shape index (κ3) is 3.31. The highest BCUT2D eigenvalue weighted by atomic mass is 19.1. The van der Waals surface area contributed by atoms with Gasteiger partial charge >= 0.3 is 0 Å². The second-order valence-electron chi connectivity index (χ2n) is 5.78. The van der Waals surface area contributed by atoms with Crippen LogP contribution in [0.5, 0.6) is 0 Å². The van der Waals surface area contributed by atoms with Gasteiger partial charge in [0, 0.05) is 17.8 Å². The zero-order chi connectivity index (χ0) is 18.0. The molecule has 0 aliphatic heterocycles. The van der Waals surface area contributed by atoms with E-state index in [4.69, 9.17) is 5.73 Å². The summed E-state index contributed by atoms with van der Waals surface area (Å²) < 4.78 is 28.1. The minimum Gasteiger partial charge on any atom is -0.369 e. The van der Waals surface area contributed by atoms with Crippen molar-refractivity contribution < 1.29 is 8.78 Å². The van der Waals surface area contributed by atoms with Gasteiger partial charge in [0.05, 0.1) is 11.4 Å². The molecule has 2 N–H and O–H groups in total. The van der Waals surface area contributed by atoms with E-state index in [1.54, 1.807) is 43.4 Å². The Bertz CT molecular complexity index is 951. The highest BCUT2D eigenvalue weighted by molar-refractivity contribution is 6.00. The summed E-state index contributed by atoms with van der Waals surface area (Å²) >= 11 is 0. The summed E-state index contributed by atoms with van der Waals surface area (Å²) in [5.74, 6) is -0.561. The maximum atomic E-state index is 14.2. The molecular weight excluding hydrogens is 320 g/mol. The zero-order valence-electron chi connectivity index (χ0n) is 14.1. The molecule has 0 saturated heterocycles. The summed E-state index contributed by atoms with van der Waals surface area (Å²) in [5.41, 5.74) is 7.98. The van der Waals surface area contributed by atoms with Crippen LogP contribution in [0.2, 0.25) is 0 Å². The molecule has 25 heavy (non-hydrogen) atoms. The van der Waals surface area contributed by atoms with Crippen LogP contribution in [0.25, 0.3) is 10.8 Å². The van der Waals surface area contributed by atoms with Gasteiger partial charge in [0.2, 0.25) is 5.96 Å². The summed E-state index contributed by atoms with van der Waals surface area (Å²) in [7, 11) is 1.66. The van der Waals surface area contributed by atoms with Crippen LogP contribution in [0, 0.1) is 11.6 Å². The number of hydrogen-bond donors (Lipinski definition) is 1. The fraction of sp³-hybridized carbons (Fsp3) is 0.150. The van der Waals surface area contributed by atoms with Crippen LogP contribution >= 0.6 is 0 Å². The summed E-state index contributed by atoms with van der Waals surface area (Å²) in [4.78, 5) is 5.88. The first-order chi connectivity index (χ1) is 12.0. The molecule has 0 radical (unpaired) electrons. The number of aliphatic imine (C=N–C) groups is 1. The molecule has 0 bridgehead atoms. The molecular formula is C20H19F2N3. The molecule has 3 aromatic rings. The second kappa shape index (κ2) is 6.89. The van der Waals surface area contributed by atoms with E-state index in [-0.39, 0.29) is 17.6 Å². The summed E-state index contributed by atoms with van der Waals surface area (Å²) in [5, 5.41) is 1.12. The first-order valence-corrected chi connectivity index (χ1v) is 8.05. The van der Waals surface area contributed by atoms with Gasteiger partial charge in [-0.05, 0) is 36.2 Å². The Morgan fingerprint density at radius 1 is 1.00 bits per heavy atom. The number of aryl methyl sites for hydroxylation is 1. The molecule has 0 atom stereocenters. The third-order valence-electron chi connectivity index (χ3n) is 4.21.